The van der Waals surface area contributed by atoms with E-state index in [1.54, 1.807) is 24.3 Å². The van der Waals surface area contributed by atoms with Crippen LogP contribution in [0.5, 0.6) is 0 Å². The molecule has 1 N–H and O–H groups in total. The monoisotopic (exact) mass is 304 g/mol. The quantitative estimate of drug-likeness (QED) is 0.804. The maximum absolute atomic E-state index is 11.4. The molecule has 1 aromatic carbocycles. The second-order valence-electron chi connectivity index (χ2n) is 5.92. The number of carbonyl (C=O) groups is 2. The minimum absolute atomic E-state index is 0.0938. The van der Waals surface area contributed by atoms with Gasteiger partial charge in [0.05, 0.1) is 24.8 Å². The Morgan fingerprint density at radius 1 is 1.27 bits per heavy atom. The number of nitrogens with zero attached hydrogens (tertiary/aromatic N) is 1. The molecule has 0 aromatic heterocycles. The van der Waals surface area contributed by atoms with Crippen molar-refractivity contribution >= 4 is 12.1 Å². The number of amides is 1. The molecule has 0 aliphatic carbocycles. The number of piperidine rings is 1. The third kappa shape index (κ3) is 2.33. The summed E-state index contributed by atoms with van der Waals surface area (Å²) in [7, 11) is 1.33. The SMILES string of the molecule is COC(=O)c1ccc(C2CC3CCC(C2O)N3C(=O)[O-])cc1. The Labute approximate surface area is 128 Å². The molecule has 2 aliphatic heterocycles. The molecule has 2 aliphatic rings. The van der Waals surface area contributed by atoms with Crippen molar-refractivity contribution in [2.24, 2.45) is 0 Å². The van der Waals surface area contributed by atoms with Gasteiger partial charge in [-0.1, -0.05) is 12.1 Å². The number of aliphatic hydroxyl groups excluding tert-OH is 1. The molecule has 1 aromatic rings. The lowest BCUT2D eigenvalue weighted by Crippen LogP contribution is -2.57. The van der Waals surface area contributed by atoms with Gasteiger partial charge < -0.3 is 24.6 Å². The van der Waals surface area contributed by atoms with E-state index in [2.05, 4.69) is 4.74 Å². The van der Waals surface area contributed by atoms with Gasteiger partial charge in [-0.15, -0.1) is 0 Å². The largest absolute Gasteiger partial charge is 0.530 e. The molecule has 4 unspecified atom stereocenters. The van der Waals surface area contributed by atoms with Gasteiger partial charge in [-0.25, -0.2) is 4.79 Å². The number of fused-ring (bicyclic) bond motifs is 2. The van der Waals surface area contributed by atoms with Crippen LogP contribution in [0.15, 0.2) is 24.3 Å². The van der Waals surface area contributed by atoms with Crippen molar-refractivity contribution in [2.45, 2.75) is 43.4 Å². The van der Waals surface area contributed by atoms with Gasteiger partial charge in [0.2, 0.25) is 0 Å². The van der Waals surface area contributed by atoms with Crippen LogP contribution in [-0.2, 0) is 4.74 Å². The van der Waals surface area contributed by atoms with E-state index in [9.17, 15) is 19.8 Å². The summed E-state index contributed by atoms with van der Waals surface area (Å²) in [5.74, 6) is -0.529. The Balaban J connectivity index is 1.82. The summed E-state index contributed by atoms with van der Waals surface area (Å²) in [6, 6.07) is 6.45. The zero-order valence-electron chi connectivity index (χ0n) is 12.3. The van der Waals surface area contributed by atoms with Gasteiger partial charge in [0.1, 0.15) is 6.09 Å². The van der Waals surface area contributed by atoms with Crippen molar-refractivity contribution in [2.75, 3.05) is 7.11 Å². The summed E-state index contributed by atoms with van der Waals surface area (Å²) in [4.78, 5) is 24.0. The second kappa shape index (κ2) is 5.61. The summed E-state index contributed by atoms with van der Waals surface area (Å²) >= 11 is 0. The fourth-order valence-electron chi connectivity index (χ4n) is 3.78. The minimum atomic E-state index is -1.20. The number of carboxylic acid groups (broad SMARTS) is 1. The number of carbonyl (C=O) groups excluding carboxylic acids is 2. The smallest absolute Gasteiger partial charge is 0.337 e. The van der Waals surface area contributed by atoms with E-state index >= 15 is 0 Å². The zero-order valence-corrected chi connectivity index (χ0v) is 12.3. The highest BCUT2D eigenvalue weighted by atomic mass is 16.5. The molecule has 6 nitrogen and oxygen atoms in total. The summed E-state index contributed by atoms with van der Waals surface area (Å²) < 4.78 is 4.66. The van der Waals surface area contributed by atoms with Crippen LogP contribution in [0, 0.1) is 0 Å². The molecule has 1 amide bonds. The fraction of sp³-hybridized carbons (Fsp3) is 0.500. The van der Waals surface area contributed by atoms with E-state index in [0.29, 0.717) is 18.4 Å². The number of ether oxygens (including phenoxy) is 1. The van der Waals surface area contributed by atoms with Crippen LogP contribution in [0.3, 0.4) is 0 Å². The number of hydrogen-bond donors (Lipinski definition) is 1. The lowest BCUT2D eigenvalue weighted by Gasteiger charge is -2.44. The van der Waals surface area contributed by atoms with Crippen molar-refractivity contribution in [3.05, 3.63) is 35.4 Å². The van der Waals surface area contributed by atoms with E-state index in [1.807, 2.05) is 0 Å². The van der Waals surface area contributed by atoms with Gasteiger partial charge in [-0.3, -0.25) is 0 Å². The number of esters is 1. The first kappa shape index (κ1) is 14.8. The van der Waals surface area contributed by atoms with E-state index in [-0.39, 0.29) is 12.0 Å². The third-order valence-electron chi connectivity index (χ3n) is 4.85. The molecule has 2 saturated heterocycles. The van der Waals surface area contributed by atoms with Crippen LogP contribution in [0.25, 0.3) is 0 Å². The van der Waals surface area contributed by atoms with E-state index in [0.717, 1.165) is 12.0 Å². The Bertz CT molecular complexity index is 585. The Morgan fingerprint density at radius 2 is 1.95 bits per heavy atom. The van der Waals surface area contributed by atoms with E-state index in [1.165, 1.54) is 12.0 Å². The third-order valence-corrected chi connectivity index (χ3v) is 4.85. The van der Waals surface area contributed by atoms with Crippen molar-refractivity contribution in [3.8, 4) is 0 Å². The van der Waals surface area contributed by atoms with Gasteiger partial charge in [0, 0.05) is 12.0 Å². The standard InChI is InChI=1S/C16H19NO5/c1-22-15(19)10-4-2-9(3-5-10)12-8-11-6-7-13(14(12)18)17(11)16(20)21/h2-5,11-14,18H,6-8H2,1H3,(H,20,21)/p-1. The zero-order chi connectivity index (χ0) is 15.9. The summed E-state index contributed by atoms with van der Waals surface area (Å²) in [5, 5.41) is 21.7. The Kier molecular flexibility index (Phi) is 3.78. The highest BCUT2D eigenvalue weighted by Gasteiger charge is 2.47. The molecule has 0 saturated carbocycles. The van der Waals surface area contributed by atoms with Crippen LogP contribution in [-0.4, -0.2) is 47.4 Å². The number of benzene rings is 1. The van der Waals surface area contributed by atoms with Crippen LogP contribution in [0.4, 0.5) is 4.79 Å². The highest BCUT2D eigenvalue weighted by Crippen LogP contribution is 2.43. The summed E-state index contributed by atoms with van der Waals surface area (Å²) in [6.07, 6.45) is 0.0401. The first-order valence-electron chi connectivity index (χ1n) is 7.38. The second-order valence-corrected chi connectivity index (χ2v) is 5.92. The van der Waals surface area contributed by atoms with Gasteiger partial charge in [0.15, 0.2) is 0 Å². The predicted octanol–water partition coefficient (Wildman–Crippen LogP) is 0.498. The molecule has 2 fully saturated rings. The fourth-order valence-corrected chi connectivity index (χ4v) is 3.78. The average Bonchev–Trinajstić information content (AvgIpc) is 2.88. The Hall–Kier alpha value is -2.08. The number of methoxy groups -OCH3 is 1. The molecule has 3 rings (SSSR count). The average molecular weight is 304 g/mol. The topological polar surface area (TPSA) is 89.9 Å². The molecule has 118 valence electrons. The lowest BCUT2D eigenvalue weighted by atomic mass is 9.82. The molecular formula is C16H18NO5-. The van der Waals surface area contributed by atoms with Gasteiger partial charge in [0.25, 0.3) is 0 Å². The normalized spacial score (nSPS) is 30.2. The summed E-state index contributed by atoms with van der Waals surface area (Å²) in [5.41, 5.74) is 1.37. The van der Waals surface area contributed by atoms with Crippen LogP contribution in [0.1, 0.15) is 41.1 Å². The first-order chi connectivity index (χ1) is 10.5. The van der Waals surface area contributed by atoms with Crippen molar-refractivity contribution < 1.29 is 24.5 Å². The molecule has 0 radical (unpaired) electrons. The summed E-state index contributed by atoms with van der Waals surface area (Å²) in [6.45, 7) is 0. The maximum Gasteiger partial charge on any atom is 0.337 e. The van der Waals surface area contributed by atoms with Gasteiger partial charge in [-0.2, -0.15) is 0 Å². The molecule has 2 bridgehead atoms. The molecular weight excluding hydrogens is 286 g/mol. The molecule has 2 heterocycles. The van der Waals surface area contributed by atoms with E-state index in [4.69, 9.17) is 0 Å². The van der Waals surface area contributed by atoms with Crippen molar-refractivity contribution in [1.29, 1.82) is 0 Å². The van der Waals surface area contributed by atoms with Gasteiger partial charge in [-0.05, 0) is 37.0 Å². The molecule has 4 atom stereocenters. The number of aliphatic hydroxyl groups is 1. The maximum atomic E-state index is 11.4. The highest BCUT2D eigenvalue weighted by molar-refractivity contribution is 5.89. The molecule has 6 heteroatoms. The predicted molar refractivity (Wildman–Crippen MR) is 75.2 cm³/mol. The number of hydrogen-bond acceptors (Lipinski definition) is 5. The number of rotatable bonds is 2. The van der Waals surface area contributed by atoms with Crippen LogP contribution in [0.2, 0.25) is 0 Å². The molecule has 22 heavy (non-hydrogen) atoms. The Morgan fingerprint density at radius 3 is 2.55 bits per heavy atom. The molecule has 0 spiro atoms. The first-order valence-corrected chi connectivity index (χ1v) is 7.38. The van der Waals surface area contributed by atoms with Crippen molar-refractivity contribution in [1.82, 2.24) is 4.90 Å². The van der Waals surface area contributed by atoms with Gasteiger partial charge >= 0.3 is 5.97 Å². The van der Waals surface area contributed by atoms with Crippen LogP contribution >= 0.6 is 0 Å². The minimum Gasteiger partial charge on any atom is -0.530 e. The van der Waals surface area contributed by atoms with Crippen molar-refractivity contribution in [3.63, 3.8) is 0 Å². The lowest BCUT2D eigenvalue weighted by molar-refractivity contribution is -0.272. The van der Waals surface area contributed by atoms with Crippen LogP contribution < -0.4 is 5.11 Å². The van der Waals surface area contributed by atoms with E-state index < -0.39 is 24.2 Å².